The Morgan fingerprint density at radius 2 is 2.62 bits per heavy atom. The minimum Gasteiger partial charge on any atom is -0.467 e. The maximum atomic E-state index is 5.80. The average Bonchev–Trinajstić information content (AvgIpc) is 2.74. The molecule has 2 atom stereocenters. The summed E-state index contributed by atoms with van der Waals surface area (Å²) >= 11 is 0. The molecule has 1 aromatic heterocycles. The first kappa shape index (κ1) is 8.78. The lowest BCUT2D eigenvalue weighted by atomic mass is 10.2. The first-order valence-electron chi connectivity index (χ1n) is 4.76. The van der Waals surface area contributed by atoms with Gasteiger partial charge in [0.1, 0.15) is 11.9 Å². The SMILES string of the molecule is CC(OC1CCNC1)c1ccco1. The van der Waals surface area contributed by atoms with Crippen LogP contribution in [0.3, 0.4) is 0 Å². The largest absolute Gasteiger partial charge is 0.467 e. The van der Waals surface area contributed by atoms with E-state index in [1.54, 1.807) is 6.26 Å². The van der Waals surface area contributed by atoms with Crippen LogP contribution in [0.4, 0.5) is 0 Å². The van der Waals surface area contributed by atoms with E-state index in [0.29, 0.717) is 6.10 Å². The number of hydrogen-bond donors (Lipinski definition) is 1. The van der Waals surface area contributed by atoms with E-state index in [1.165, 1.54) is 0 Å². The summed E-state index contributed by atoms with van der Waals surface area (Å²) < 4.78 is 11.1. The Morgan fingerprint density at radius 3 is 3.23 bits per heavy atom. The van der Waals surface area contributed by atoms with Crippen LogP contribution in [0, 0.1) is 0 Å². The normalized spacial score (nSPS) is 24.8. The second-order valence-electron chi connectivity index (χ2n) is 3.41. The molecule has 0 spiro atoms. The summed E-state index contributed by atoms with van der Waals surface area (Å²) in [4.78, 5) is 0. The Labute approximate surface area is 78.1 Å². The molecule has 1 aliphatic heterocycles. The summed E-state index contributed by atoms with van der Waals surface area (Å²) in [6.07, 6.45) is 3.20. The Morgan fingerprint density at radius 1 is 1.69 bits per heavy atom. The average molecular weight is 181 g/mol. The quantitative estimate of drug-likeness (QED) is 0.771. The van der Waals surface area contributed by atoms with E-state index in [4.69, 9.17) is 9.15 Å². The van der Waals surface area contributed by atoms with E-state index in [1.807, 2.05) is 19.1 Å². The van der Waals surface area contributed by atoms with Crippen LogP contribution in [0.1, 0.15) is 25.2 Å². The van der Waals surface area contributed by atoms with Gasteiger partial charge in [-0.1, -0.05) is 0 Å². The summed E-state index contributed by atoms with van der Waals surface area (Å²) in [5.41, 5.74) is 0. The molecule has 1 fully saturated rings. The molecule has 2 heterocycles. The monoisotopic (exact) mass is 181 g/mol. The van der Waals surface area contributed by atoms with E-state index in [0.717, 1.165) is 25.3 Å². The van der Waals surface area contributed by atoms with Crippen molar-refractivity contribution >= 4 is 0 Å². The molecule has 1 saturated heterocycles. The van der Waals surface area contributed by atoms with Crippen molar-refractivity contribution in [1.29, 1.82) is 0 Å². The highest BCUT2D eigenvalue weighted by molar-refractivity contribution is 5.01. The van der Waals surface area contributed by atoms with Gasteiger partial charge in [0.25, 0.3) is 0 Å². The zero-order chi connectivity index (χ0) is 9.10. The lowest BCUT2D eigenvalue weighted by molar-refractivity contribution is -0.00297. The Kier molecular flexibility index (Phi) is 2.66. The fourth-order valence-electron chi connectivity index (χ4n) is 1.62. The highest BCUT2D eigenvalue weighted by atomic mass is 16.5. The molecule has 2 rings (SSSR count). The van der Waals surface area contributed by atoms with Crippen molar-refractivity contribution in [2.24, 2.45) is 0 Å². The third-order valence-electron chi connectivity index (χ3n) is 2.36. The molecule has 0 saturated carbocycles. The summed E-state index contributed by atoms with van der Waals surface area (Å²) in [5, 5.41) is 3.27. The molecule has 13 heavy (non-hydrogen) atoms. The van der Waals surface area contributed by atoms with Gasteiger partial charge in [-0.15, -0.1) is 0 Å². The Balaban J connectivity index is 1.87. The van der Waals surface area contributed by atoms with E-state index >= 15 is 0 Å². The molecule has 0 aliphatic carbocycles. The molecule has 2 unspecified atom stereocenters. The Hall–Kier alpha value is -0.800. The highest BCUT2D eigenvalue weighted by Gasteiger charge is 2.19. The molecule has 0 radical (unpaired) electrons. The van der Waals surface area contributed by atoms with Crippen LogP contribution in [-0.2, 0) is 4.74 Å². The minimum absolute atomic E-state index is 0.0694. The summed E-state index contributed by atoms with van der Waals surface area (Å²) in [6, 6.07) is 3.84. The maximum absolute atomic E-state index is 5.80. The molecule has 0 amide bonds. The molecule has 72 valence electrons. The van der Waals surface area contributed by atoms with Crippen LogP contribution in [-0.4, -0.2) is 19.2 Å². The van der Waals surface area contributed by atoms with Crippen molar-refractivity contribution in [2.75, 3.05) is 13.1 Å². The van der Waals surface area contributed by atoms with Crippen LogP contribution in [0.25, 0.3) is 0 Å². The fraction of sp³-hybridized carbons (Fsp3) is 0.600. The molecular weight excluding hydrogens is 166 g/mol. The van der Waals surface area contributed by atoms with Gasteiger partial charge in [-0.2, -0.15) is 0 Å². The van der Waals surface area contributed by atoms with Crippen molar-refractivity contribution in [2.45, 2.75) is 25.6 Å². The van der Waals surface area contributed by atoms with Crippen molar-refractivity contribution in [3.63, 3.8) is 0 Å². The first-order valence-corrected chi connectivity index (χ1v) is 4.76. The molecule has 3 nitrogen and oxygen atoms in total. The van der Waals surface area contributed by atoms with Gasteiger partial charge in [0.2, 0.25) is 0 Å². The topological polar surface area (TPSA) is 34.4 Å². The smallest absolute Gasteiger partial charge is 0.132 e. The van der Waals surface area contributed by atoms with Gasteiger partial charge >= 0.3 is 0 Å². The minimum atomic E-state index is 0.0694. The van der Waals surface area contributed by atoms with Gasteiger partial charge in [-0.25, -0.2) is 0 Å². The van der Waals surface area contributed by atoms with Crippen molar-refractivity contribution in [3.05, 3.63) is 24.2 Å². The van der Waals surface area contributed by atoms with Gasteiger partial charge in [0.05, 0.1) is 12.4 Å². The molecule has 1 aliphatic rings. The maximum Gasteiger partial charge on any atom is 0.132 e. The second kappa shape index (κ2) is 3.94. The fourth-order valence-corrected chi connectivity index (χ4v) is 1.62. The molecule has 1 aromatic rings. The lowest BCUT2D eigenvalue weighted by Gasteiger charge is -2.15. The molecular formula is C10H15NO2. The van der Waals surface area contributed by atoms with E-state index in [2.05, 4.69) is 5.32 Å². The van der Waals surface area contributed by atoms with Gasteiger partial charge < -0.3 is 14.5 Å². The highest BCUT2D eigenvalue weighted by Crippen LogP contribution is 2.20. The van der Waals surface area contributed by atoms with Crippen molar-refractivity contribution in [1.82, 2.24) is 5.32 Å². The predicted molar refractivity (Wildman–Crippen MR) is 49.5 cm³/mol. The standard InChI is InChI=1S/C10H15NO2/c1-8(10-3-2-6-12-10)13-9-4-5-11-7-9/h2-3,6,8-9,11H,4-5,7H2,1H3. The summed E-state index contributed by atoms with van der Waals surface area (Å²) in [6.45, 7) is 4.05. The molecule has 3 heteroatoms. The summed E-state index contributed by atoms with van der Waals surface area (Å²) in [7, 11) is 0. The third kappa shape index (κ3) is 2.11. The van der Waals surface area contributed by atoms with Crippen LogP contribution in [0.2, 0.25) is 0 Å². The van der Waals surface area contributed by atoms with E-state index in [9.17, 15) is 0 Å². The van der Waals surface area contributed by atoms with Crippen LogP contribution >= 0.6 is 0 Å². The van der Waals surface area contributed by atoms with Crippen LogP contribution < -0.4 is 5.32 Å². The molecule has 1 N–H and O–H groups in total. The number of rotatable bonds is 3. The third-order valence-corrected chi connectivity index (χ3v) is 2.36. The zero-order valence-electron chi connectivity index (χ0n) is 7.82. The molecule has 0 bridgehead atoms. The second-order valence-corrected chi connectivity index (χ2v) is 3.41. The zero-order valence-corrected chi connectivity index (χ0v) is 7.82. The predicted octanol–water partition coefficient (Wildman–Crippen LogP) is 1.72. The van der Waals surface area contributed by atoms with Crippen LogP contribution in [0.5, 0.6) is 0 Å². The number of hydrogen-bond acceptors (Lipinski definition) is 3. The van der Waals surface area contributed by atoms with Gasteiger partial charge in [0, 0.05) is 6.54 Å². The van der Waals surface area contributed by atoms with Crippen molar-refractivity contribution in [3.8, 4) is 0 Å². The van der Waals surface area contributed by atoms with Crippen LogP contribution in [0.15, 0.2) is 22.8 Å². The summed E-state index contributed by atoms with van der Waals surface area (Å²) in [5.74, 6) is 0.909. The van der Waals surface area contributed by atoms with Gasteiger partial charge in [-0.05, 0) is 32.0 Å². The number of furan rings is 1. The van der Waals surface area contributed by atoms with E-state index in [-0.39, 0.29) is 6.10 Å². The van der Waals surface area contributed by atoms with E-state index < -0.39 is 0 Å². The van der Waals surface area contributed by atoms with Gasteiger partial charge in [0.15, 0.2) is 0 Å². The van der Waals surface area contributed by atoms with Gasteiger partial charge in [-0.3, -0.25) is 0 Å². The number of nitrogens with one attached hydrogen (secondary N) is 1. The lowest BCUT2D eigenvalue weighted by Crippen LogP contribution is -2.18. The van der Waals surface area contributed by atoms with Crippen molar-refractivity contribution < 1.29 is 9.15 Å². The first-order chi connectivity index (χ1) is 6.36. The Bertz CT molecular complexity index is 239. The molecule has 0 aromatic carbocycles. The number of ether oxygens (including phenoxy) is 1.